The van der Waals surface area contributed by atoms with Gasteiger partial charge >= 0.3 is 6.18 Å². The summed E-state index contributed by atoms with van der Waals surface area (Å²) in [5.74, 6) is 0.157. The molecule has 0 spiro atoms. The molecule has 1 aromatic carbocycles. The van der Waals surface area contributed by atoms with E-state index in [1.165, 1.54) is 30.2 Å². The molecule has 2 heterocycles. The second-order valence-corrected chi connectivity index (χ2v) is 7.09. The van der Waals surface area contributed by atoms with Crippen molar-refractivity contribution in [3.8, 4) is 0 Å². The van der Waals surface area contributed by atoms with Gasteiger partial charge in [0.15, 0.2) is 5.82 Å². The predicted octanol–water partition coefficient (Wildman–Crippen LogP) is 4.10. The Morgan fingerprint density at radius 3 is 2.68 bits per heavy atom. The van der Waals surface area contributed by atoms with Gasteiger partial charge in [-0.05, 0) is 23.8 Å². The summed E-state index contributed by atoms with van der Waals surface area (Å²) in [5.41, 5.74) is -0.0483. The largest absolute Gasteiger partial charge is 0.416 e. The lowest BCUT2D eigenvalue weighted by molar-refractivity contribution is -0.137. The molecule has 31 heavy (non-hydrogen) atoms. The van der Waals surface area contributed by atoms with Crippen LogP contribution < -0.4 is 16.0 Å². The van der Waals surface area contributed by atoms with Crippen LogP contribution in [0.4, 0.5) is 30.6 Å². The number of anilines is 3. The molecular formula is C18H16Cl2F3N7O. The first-order valence-corrected chi connectivity index (χ1v) is 9.53. The minimum absolute atomic E-state index is 0.0387. The van der Waals surface area contributed by atoms with Gasteiger partial charge in [0.25, 0.3) is 0 Å². The Morgan fingerprint density at radius 2 is 1.97 bits per heavy atom. The van der Waals surface area contributed by atoms with Gasteiger partial charge in [-0.3, -0.25) is 9.48 Å². The number of hydrogen-bond acceptors (Lipinski definition) is 6. The Balaban J connectivity index is 1.71. The van der Waals surface area contributed by atoms with Crippen LogP contribution in [0.2, 0.25) is 10.0 Å². The van der Waals surface area contributed by atoms with Gasteiger partial charge in [0.1, 0.15) is 11.6 Å². The lowest BCUT2D eigenvalue weighted by Crippen LogP contribution is -2.23. The van der Waals surface area contributed by atoms with Crippen molar-refractivity contribution in [1.82, 2.24) is 25.1 Å². The molecule has 0 aliphatic rings. The Kier molecular flexibility index (Phi) is 6.86. The molecule has 0 bridgehead atoms. The predicted molar refractivity (Wildman–Crippen MR) is 110 cm³/mol. The number of likely N-dealkylation sites (N-methyl/N-ethyl adjacent to an activating group) is 1. The fraction of sp³-hybridized carbons (Fsp3) is 0.222. The first kappa shape index (κ1) is 22.6. The van der Waals surface area contributed by atoms with E-state index in [0.717, 1.165) is 12.1 Å². The third-order valence-corrected chi connectivity index (χ3v) is 4.68. The molecule has 3 rings (SSSR count). The van der Waals surface area contributed by atoms with Crippen LogP contribution in [-0.4, -0.2) is 32.7 Å². The molecule has 0 aliphatic heterocycles. The van der Waals surface area contributed by atoms with Crippen molar-refractivity contribution in [3.63, 3.8) is 0 Å². The average molecular weight is 474 g/mol. The Morgan fingerprint density at radius 1 is 1.19 bits per heavy atom. The number of aromatic nitrogens is 4. The van der Waals surface area contributed by atoms with Crippen molar-refractivity contribution in [1.29, 1.82) is 0 Å². The highest BCUT2D eigenvalue weighted by Gasteiger charge is 2.30. The monoisotopic (exact) mass is 473 g/mol. The summed E-state index contributed by atoms with van der Waals surface area (Å²) in [6.07, 6.45) is -0.0771. The molecule has 3 N–H and O–H groups in total. The fourth-order valence-electron chi connectivity index (χ4n) is 2.49. The molecule has 3 aromatic rings. The number of amides is 1. The molecule has 0 radical (unpaired) electrons. The van der Waals surface area contributed by atoms with Gasteiger partial charge in [0, 0.05) is 24.8 Å². The molecule has 0 fully saturated rings. The van der Waals surface area contributed by atoms with Gasteiger partial charge < -0.3 is 16.0 Å². The number of hydrogen-bond donors (Lipinski definition) is 3. The van der Waals surface area contributed by atoms with Crippen molar-refractivity contribution >= 4 is 46.6 Å². The zero-order valence-electron chi connectivity index (χ0n) is 16.0. The maximum atomic E-state index is 12.9. The van der Waals surface area contributed by atoms with E-state index >= 15 is 0 Å². The van der Waals surface area contributed by atoms with E-state index in [2.05, 4.69) is 31.0 Å². The number of alkyl halides is 3. The zero-order valence-corrected chi connectivity index (χ0v) is 17.5. The van der Waals surface area contributed by atoms with Crippen molar-refractivity contribution in [3.05, 3.63) is 58.0 Å². The number of carbonyl (C=O) groups excluding carboxylic acids is 1. The molecule has 1 amide bonds. The summed E-state index contributed by atoms with van der Waals surface area (Å²) in [7, 11) is 1.52. The standard InChI is InChI=1S/C18H16Cl2F3N7O/c1-24-15(31)9-30-8-12(6-27-30)28-17-26-7-14(20)16(29-17)25-5-10-4-11(18(21,22)23)2-3-13(10)19/h2-4,6-8H,5,9H2,1H3,(H,24,31)(H2,25,26,28,29). The van der Waals surface area contributed by atoms with E-state index in [9.17, 15) is 18.0 Å². The summed E-state index contributed by atoms with van der Waals surface area (Å²) in [5, 5.41) is 12.7. The molecule has 13 heteroatoms. The summed E-state index contributed by atoms with van der Waals surface area (Å²) in [4.78, 5) is 19.7. The van der Waals surface area contributed by atoms with Crippen LogP contribution in [0.1, 0.15) is 11.1 Å². The number of nitrogens with one attached hydrogen (secondary N) is 3. The summed E-state index contributed by atoms with van der Waals surface area (Å²) in [6.45, 7) is 0.00714. The fourth-order valence-corrected chi connectivity index (χ4v) is 2.83. The lowest BCUT2D eigenvalue weighted by Gasteiger charge is -2.13. The number of halogens is 5. The minimum Gasteiger partial charge on any atom is -0.365 e. The van der Waals surface area contributed by atoms with Crippen LogP contribution in [0.25, 0.3) is 0 Å². The molecule has 8 nitrogen and oxygen atoms in total. The highest BCUT2D eigenvalue weighted by Crippen LogP contribution is 2.32. The van der Waals surface area contributed by atoms with Crippen LogP contribution >= 0.6 is 23.2 Å². The lowest BCUT2D eigenvalue weighted by atomic mass is 10.1. The first-order valence-electron chi connectivity index (χ1n) is 8.78. The average Bonchev–Trinajstić information content (AvgIpc) is 3.15. The van der Waals surface area contributed by atoms with Crippen LogP contribution in [0, 0.1) is 0 Å². The van der Waals surface area contributed by atoms with E-state index < -0.39 is 11.7 Å². The highest BCUT2D eigenvalue weighted by molar-refractivity contribution is 6.33. The number of nitrogens with zero attached hydrogens (tertiary/aromatic N) is 4. The molecule has 0 aliphatic carbocycles. The Bertz CT molecular complexity index is 1090. The van der Waals surface area contributed by atoms with Crippen LogP contribution in [0.3, 0.4) is 0 Å². The normalized spacial score (nSPS) is 11.3. The molecule has 0 atom stereocenters. The summed E-state index contributed by atoms with van der Waals surface area (Å²) < 4.78 is 40.2. The smallest absolute Gasteiger partial charge is 0.365 e. The topological polar surface area (TPSA) is 96.8 Å². The number of benzene rings is 1. The van der Waals surface area contributed by atoms with Gasteiger partial charge in [-0.15, -0.1) is 0 Å². The summed E-state index contributed by atoms with van der Waals surface area (Å²) in [6, 6.07) is 3.06. The van der Waals surface area contributed by atoms with E-state index in [0.29, 0.717) is 5.69 Å². The Labute approximate surface area is 184 Å². The van der Waals surface area contributed by atoms with E-state index in [-0.39, 0.29) is 46.4 Å². The zero-order chi connectivity index (χ0) is 22.6. The third kappa shape index (κ3) is 5.98. The maximum Gasteiger partial charge on any atom is 0.416 e. The van der Waals surface area contributed by atoms with Crippen molar-refractivity contribution in [2.45, 2.75) is 19.3 Å². The molecular weight excluding hydrogens is 458 g/mol. The van der Waals surface area contributed by atoms with Gasteiger partial charge in [-0.2, -0.15) is 23.3 Å². The van der Waals surface area contributed by atoms with Crippen molar-refractivity contribution in [2.24, 2.45) is 0 Å². The minimum atomic E-state index is -4.48. The quantitative estimate of drug-likeness (QED) is 0.477. The van der Waals surface area contributed by atoms with Gasteiger partial charge in [-0.25, -0.2) is 4.98 Å². The SMILES string of the molecule is CNC(=O)Cn1cc(Nc2ncc(Cl)c(NCc3cc(C(F)(F)F)ccc3Cl)n2)cn1. The van der Waals surface area contributed by atoms with E-state index in [1.807, 2.05) is 0 Å². The van der Waals surface area contributed by atoms with E-state index in [1.54, 1.807) is 6.20 Å². The van der Waals surface area contributed by atoms with Crippen molar-refractivity contribution in [2.75, 3.05) is 17.7 Å². The van der Waals surface area contributed by atoms with E-state index in [4.69, 9.17) is 23.2 Å². The highest BCUT2D eigenvalue weighted by atomic mass is 35.5. The molecule has 164 valence electrons. The first-order chi connectivity index (χ1) is 14.7. The maximum absolute atomic E-state index is 12.9. The molecule has 2 aromatic heterocycles. The number of carbonyl (C=O) groups is 1. The Hall–Kier alpha value is -3.05. The van der Waals surface area contributed by atoms with Crippen molar-refractivity contribution < 1.29 is 18.0 Å². The third-order valence-electron chi connectivity index (χ3n) is 4.04. The second-order valence-electron chi connectivity index (χ2n) is 6.27. The van der Waals surface area contributed by atoms with Crippen LogP contribution in [0.15, 0.2) is 36.8 Å². The summed E-state index contributed by atoms with van der Waals surface area (Å²) >= 11 is 12.1. The molecule has 0 saturated heterocycles. The number of rotatable bonds is 7. The van der Waals surface area contributed by atoms with Crippen LogP contribution in [0.5, 0.6) is 0 Å². The van der Waals surface area contributed by atoms with Crippen LogP contribution in [-0.2, 0) is 24.1 Å². The van der Waals surface area contributed by atoms with Gasteiger partial charge in [0.05, 0.1) is 23.6 Å². The van der Waals surface area contributed by atoms with Gasteiger partial charge in [0.2, 0.25) is 11.9 Å². The molecule has 0 saturated carbocycles. The van der Waals surface area contributed by atoms with Gasteiger partial charge in [-0.1, -0.05) is 23.2 Å². The molecule has 0 unspecified atom stereocenters. The second kappa shape index (κ2) is 9.40.